The normalized spacial score (nSPS) is 17.9. The molecule has 0 aliphatic heterocycles. The summed E-state index contributed by atoms with van der Waals surface area (Å²) < 4.78 is 49.1. The zero-order valence-electron chi connectivity index (χ0n) is 18.7. The molecule has 0 radical (unpaired) electrons. The van der Waals surface area contributed by atoms with Crippen molar-refractivity contribution in [1.29, 1.82) is 0 Å². The smallest absolute Gasteiger partial charge is 0.344 e. The van der Waals surface area contributed by atoms with Crippen molar-refractivity contribution in [2.75, 3.05) is 66.0 Å². The zero-order valence-corrected chi connectivity index (χ0v) is 20.5. The molecule has 0 aliphatic rings. The Balaban J connectivity index is 3.37. The van der Waals surface area contributed by atoms with Crippen LogP contribution >= 0.6 is 15.1 Å². The van der Waals surface area contributed by atoms with Crippen LogP contribution in [0.2, 0.25) is 0 Å². The highest BCUT2D eigenvalue weighted by atomic mass is 31.2. The van der Waals surface area contributed by atoms with Gasteiger partial charge in [-0.25, -0.2) is 5.09 Å². The van der Waals surface area contributed by atoms with Gasteiger partial charge in [0.05, 0.1) is 52.9 Å². The molecule has 0 aromatic heterocycles. The summed E-state index contributed by atoms with van der Waals surface area (Å²) in [6.07, 6.45) is -0.408. The highest BCUT2D eigenvalue weighted by molar-refractivity contribution is 7.56. The molecule has 0 saturated carbocycles. The molecule has 0 fully saturated rings. The van der Waals surface area contributed by atoms with E-state index >= 15 is 0 Å². The van der Waals surface area contributed by atoms with Crippen LogP contribution in [0.1, 0.15) is 27.2 Å². The lowest BCUT2D eigenvalue weighted by Gasteiger charge is -2.17. The lowest BCUT2D eigenvalue weighted by molar-refractivity contribution is -0.0252. The minimum Gasteiger partial charge on any atom is -0.388 e. The van der Waals surface area contributed by atoms with Crippen LogP contribution in [0.3, 0.4) is 0 Å². The summed E-state index contributed by atoms with van der Waals surface area (Å²) in [4.78, 5) is 19.0. The first-order valence-corrected chi connectivity index (χ1v) is 13.7. The summed E-state index contributed by atoms with van der Waals surface area (Å²) in [5.74, 6) is -1.02. The minimum atomic E-state index is -3.91. The Morgan fingerprint density at radius 1 is 0.839 bits per heavy atom. The maximum absolute atomic E-state index is 11.7. The Hall–Kier alpha value is 0.0600. The fraction of sp³-hybridized carbons (Fsp3) is 1.00. The Morgan fingerprint density at radius 3 is 1.81 bits per heavy atom. The molecule has 4 atom stereocenters. The predicted molar refractivity (Wildman–Crippen MR) is 116 cm³/mol. The van der Waals surface area contributed by atoms with E-state index < -0.39 is 27.0 Å². The molecule has 0 bridgehead atoms. The van der Waals surface area contributed by atoms with E-state index in [9.17, 15) is 24.0 Å². The molecule has 0 amide bonds. The van der Waals surface area contributed by atoms with Crippen LogP contribution < -0.4 is 10.8 Å². The molecule has 0 rings (SSSR count). The van der Waals surface area contributed by atoms with Gasteiger partial charge in [-0.2, -0.15) is 0 Å². The van der Waals surface area contributed by atoms with E-state index in [1.165, 1.54) is 6.92 Å². The van der Waals surface area contributed by atoms with Crippen LogP contribution in [0.25, 0.3) is 0 Å². The minimum absolute atomic E-state index is 0.0566. The standard InChI is InChI=1S/C17H40N2O10P2/c1-15(2)30(21,22)19-5-4-6-25-7-8-26-9-10-27-11-12-28-13-17(20)14-29-31(23,24)16(3)18/h15-17,20H,4-14,18H2,1-3H3,(H,23,24)(H2,19,21,22). The first-order chi connectivity index (χ1) is 14.5. The van der Waals surface area contributed by atoms with Gasteiger partial charge in [-0.1, -0.05) is 13.8 Å². The molecule has 188 valence electrons. The van der Waals surface area contributed by atoms with E-state index in [-0.39, 0.29) is 25.5 Å². The zero-order chi connectivity index (χ0) is 23.8. The SMILES string of the molecule is CC(C)P(=O)(O)NCCCOCCOCCOCCOCC(O)COP(=O)(O)C(C)N. The van der Waals surface area contributed by atoms with Gasteiger partial charge < -0.3 is 44.1 Å². The average molecular weight is 494 g/mol. The van der Waals surface area contributed by atoms with Crippen LogP contribution in [0, 0.1) is 0 Å². The molecule has 12 nitrogen and oxygen atoms in total. The Labute approximate surface area is 184 Å². The van der Waals surface area contributed by atoms with Crippen LogP contribution in [-0.2, 0) is 32.6 Å². The molecular formula is C17H40N2O10P2. The Bertz CT molecular complexity index is 539. The van der Waals surface area contributed by atoms with E-state index in [2.05, 4.69) is 5.09 Å². The molecule has 0 aromatic rings. The van der Waals surface area contributed by atoms with Crippen molar-refractivity contribution in [1.82, 2.24) is 5.09 Å². The summed E-state index contributed by atoms with van der Waals surface area (Å²) in [7, 11) is -7.17. The fourth-order valence-electron chi connectivity index (χ4n) is 1.83. The quantitative estimate of drug-likeness (QED) is 0.110. The fourth-order valence-corrected chi connectivity index (χ4v) is 3.30. The third-order valence-corrected chi connectivity index (χ3v) is 7.52. The molecule has 31 heavy (non-hydrogen) atoms. The van der Waals surface area contributed by atoms with Gasteiger partial charge in [-0.05, 0) is 13.3 Å². The van der Waals surface area contributed by atoms with Crippen molar-refractivity contribution >= 4 is 15.1 Å². The topological polar surface area (TPSA) is 179 Å². The number of rotatable bonds is 21. The van der Waals surface area contributed by atoms with Gasteiger partial charge in [0.15, 0.2) is 0 Å². The first-order valence-electron chi connectivity index (χ1n) is 10.3. The number of ether oxygens (including phenoxy) is 4. The van der Waals surface area contributed by atoms with Crippen molar-refractivity contribution in [3.05, 3.63) is 0 Å². The van der Waals surface area contributed by atoms with Gasteiger partial charge in [0.2, 0.25) is 0 Å². The van der Waals surface area contributed by atoms with Crippen LogP contribution in [0.4, 0.5) is 0 Å². The van der Waals surface area contributed by atoms with Crippen molar-refractivity contribution < 1.29 is 47.5 Å². The van der Waals surface area contributed by atoms with Gasteiger partial charge in [0, 0.05) is 18.8 Å². The number of aliphatic hydroxyl groups is 1. The van der Waals surface area contributed by atoms with E-state index in [1.807, 2.05) is 0 Å². The van der Waals surface area contributed by atoms with Gasteiger partial charge in [-0.3, -0.25) is 9.13 Å². The lowest BCUT2D eigenvalue weighted by atomic mass is 10.4. The second-order valence-corrected chi connectivity index (χ2v) is 11.9. The van der Waals surface area contributed by atoms with E-state index in [0.29, 0.717) is 52.6 Å². The number of nitrogens with two attached hydrogens (primary N) is 1. The lowest BCUT2D eigenvalue weighted by Crippen LogP contribution is -2.25. The summed E-state index contributed by atoms with van der Waals surface area (Å²) >= 11 is 0. The third kappa shape index (κ3) is 17.2. The largest absolute Gasteiger partial charge is 0.388 e. The van der Waals surface area contributed by atoms with Gasteiger partial charge in [0.1, 0.15) is 11.9 Å². The summed E-state index contributed by atoms with van der Waals surface area (Å²) in [5.41, 5.74) is 5.00. The summed E-state index contributed by atoms with van der Waals surface area (Å²) in [6, 6.07) is 0. The van der Waals surface area contributed by atoms with Crippen molar-refractivity contribution in [2.45, 2.75) is 44.7 Å². The Kier molecular flexibility index (Phi) is 17.6. The summed E-state index contributed by atoms with van der Waals surface area (Å²) in [5, 5.41) is 12.3. The van der Waals surface area contributed by atoms with Crippen molar-refractivity contribution in [2.24, 2.45) is 5.73 Å². The molecule has 0 aromatic carbocycles. The maximum atomic E-state index is 11.7. The number of aliphatic hydroxyl groups excluding tert-OH is 1. The first kappa shape index (κ1) is 31.1. The molecule has 0 saturated heterocycles. The predicted octanol–water partition coefficient (Wildman–Crippen LogP) is 0.494. The average Bonchev–Trinajstić information content (AvgIpc) is 2.69. The van der Waals surface area contributed by atoms with E-state index in [0.717, 1.165) is 0 Å². The van der Waals surface area contributed by atoms with Crippen LogP contribution in [-0.4, -0.2) is 98.4 Å². The molecule has 6 N–H and O–H groups in total. The monoisotopic (exact) mass is 494 g/mol. The second kappa shape index (κ2) is 17.5. The number of hydrogen-bond donors (Lipinski definition) is 5. The molecule has 0 heterocycles. The molecular weight excluding hydrogens is 454 g/mol. The summed E-state index contributed by atoms with van der Waals surface area (Å²) in [6.45, 7) is 7.40. The Morgan fingerprint density at radius 2 is 1.32 bits per heavy atom. The van der Waals surface area contributed by atoms with Gasteiger partial charge in [-0.15, -0.1) is 0 Å². The van der Waals surface area contributed by atoms with Crippen molar-refractivity contribution in [3.63, 3.8) is 0 Å². The number of hydrogen-bond acceptors (Lipinski definition) is 9. The molecule has 14 heteroatoms. The maximum Gasteiger partial charge on any atom is 0.344 e. The highest BCUT2D eigenvalue weighted by Gasteiger charge is 2.26. The van der Waals surface area contributed by atoms with E-state index in [4.69, 9.17) is 29.2 Å². The molecule has 0 aliphatic carbocycles. The van der Waals surface area contributed by atoms with Crippen molar-refractivity contribution in [3.8, 4) is 0 Å². The third-order valence-electron chi connectivity index (χ3n) is 3.90. The van der Waals surface area contributed by atoms with Crippen LogP contribution in [0.15, 0.2) is 0 Å². The van der Waals surface area contributed by atoms with Gasteiger partial charge in [0.25, 0.3) is 7.52 Å². The van der Waals surface area contributed by atoms with E-state index in [1.54, 1.807) is 13.8 Å². The number of nitrogens with one attached hydrogen (secondary N) is 1. The molecule has 0 spiro atoms. The molecule has 4 unspecified atom stereocenters. The van der Waals surface area contributed by atoms with Crippen LogP contribution in [0.5, 0.6) is 0 Å². The van der Waals surface area contributed by atoms with Gasteiger partial charge >= 0.3 is 7.60 Å². The highest BCUT2D eigenvalue weighted by Crippen LogP contribution is 2.44. The second-order valence-electron chi connectivity index (χ2n) is 7.14.